The average Bonchev–Trinajstić information content (AvgIpc) is 0.725. The number of phenols is 2. The second-order valence-corrected chi connectivity index (χ2v) is 35.0. The Morgan fingerprint density at radius 1 is 0.339 bits per heavy atom. The van der Waals surface area contributed by atoms with Gasteiger partial charge < -0.3 is 37.5 Å². The zero-order chi connectivity index (χ0) is 79.7. The van der Waals surface area contributed by atoms with Gasteiger partial charge in [0.2, 0.25) is 0 Å². The Kier molecular flexibility index (Phi) is 24.0. The van der Waals surface area contributed by atoms with Crippen LogP contribution in [0.4, 0.5) is 26.3 Å². The number of halogens is 12. The van der Waals surface area contributed by atoms with Crippen LogP contribution in [0.2, 0.25) is 0 Å². The second-order valence-electron chi connectivity index (χ2n) is 26.5. The Hall–Kier alpha value is -8.60. The maximum absolute atomic E-state index is 12.9. The molecule has 0 saturated carbocycles. The fourth-order valence-corrected chi connectivity index (χ4v) is 16.9. The van der Waals surface area contributed by atoms with Crippen molar-refractivity contribution in [2.75, 3.05) is 6.61 Å². The first kappa shape index (κ1) is 81.4. The van der Waals surface area contributed by atoms with Crippen molar-refractivity contribution >= 4 is 116 Å². The van der Waals surface area contributed by atoms with Crippen molar-refractivity contribution in [1.82, 2.24) is 0 Å². The lowest BCUT2D eigenvalue weighted by molar-refractivity contribution is -0.0504. The summed E-state index contributed by atoms with van der Waals surface area (Å²) in [5, 5.41) is 19.8. The van der Waals surface area contributed by atoms with E-state index in [0.717, 1.165) is 123 Å². The van der Waals surface area contributed by atoms with Crippen molar-refractivity contribution in [2.45, 2.75) is 80.2 Å². The minimum atomic E-state index is -5.97. The van der Waals surface area contributed by atoms with Crippen molar-refractivity contribution < 1.29 is 80.7 Å². The minimum absolute atomic E-state index is 0.188. The van der Waals surface area contributed by atoms with Crippen LogP contribution in [0, 0.1) is 6.92 Å². The molecular weight excluding hydrogens is 1880 g/mol. The van der Waals surface area contributed by atoms with E-state index in [1.807, 2.05) is 48.5 Å². The van der Waals surface area contributed by atoms with E-state index >= 15 is 0 Å². The largest absolute Gasteiger partial charge is 0.534 e. The number of hydrogen-bond donors (Lipinski definition) is 2. The Labute approximate surface area is 693 Å². The van der Waals surface area contributed by atoms with Crippen molar-refractivity contribution in [1.29, 1.82) is 0 Å². The molecule has 26 heteroatoms. The number of benzene rings is 12. The van der Waals surface area contributed by atoms with E-state index in [1.165, 1.54) is 67.5 Å². The molecule has 0 amide bonds. The highest BCUT2D eigenvalue weighted by molar-refractivity contribution is 9.11. The molecule has 12 aromatic rings. The summed E-state index contributed by atoms with van der Waals surface area (Å²) in [4.78, 5) is 0. The van der Waals surface area contributed by atoms with Crippen LogP contribution in [0.1, 0.15) is 101 Å². The first-order valence-electron chi connectivity index (χ1n) is 34.8. The molecule has 1 atom stereocenters. The zero-order valence-electron chi connectivity index (χ0n) is 59.0. The highest BCUT2D eigenvalue weighted by Gasteiger charge is 2.52. The van der Waals surface area contributed by atoms with Gasteiger partial charge in [-0.25, -0.2) is 0 Å². The monoisotopic (exact) mass is 1940 g/mol. The SMILES string of the molecule is CCCCCCCCOc1ccc(C2(c3ccc(C)cc3)Oc3cc(Br)ccc3-c3ccc(Br)cc32)cc1.O=S(=O)(Oc1ccc(C2(c3ccc(OS(=O)(=O)C(F)(F)F)cc3)Oc3cc(Br)ccc3-c3ccc(Br)cc32)cc1)C(F)(F)F.Oc1ccc(C2(c3ccc(O)cc3)Oc3cc(Br)ccc3-c3ccc(Br)cc32)cc1. The van der Waals surface area contributed by atoms with Crippen molar-refractivity contribution in [3.05, 3.63) is 337 Å². The van der Waals surface area contributed by atoms with Gasteiger partial charge in [0.1, 0.15) is 46.0 Å². The number of aromatic hydroxyl groups is 2. The second kappa shape index (κ2) is 33.1. The molecule has 112 heavy (non-hydrogen) atoms. The van der Waals surface area contributed by atoms with Gasteiger partial charge in [0, 0.05) is 93.6 Å². The molecule has 1 unspecified atom stereocenters. The molecule has 12 aromatic carbocycles. The van der Waals surface area contributed by atoms with Crippen LogP contribution in [0.5, 0.6) is 46.0 Å². The van der Waals surface area contributed by atoms with Gasteiger partial charge in [0.05, 0.1) is 6.61 Å². The molecule has 0 radical (unpaired) electrons. The molecular formula is C86H64Br6F6O12S2. The van der Waals surface area contributed by atoms with Gasteiger partial charge in [-0.05, 0) is 182 Å². The van der Waals surface area contributed by atoms with Gasteiger partial charge in [-0.3, -0.25) is 0 Å². The van der Waals surface area contributed by atoms with Crippen molar-refractivity contribution in [2.24, 2.45) is 0 Å². The molecule has 0 aliphatic carbocycles. The average molecular weight is 1950 g/mol. The molecule has 3 heterocycles. The molecule has 0 bridgehead atoms. The van der Waals surface area contributed by atoms with Crippen molar-refractivity contribution in [3.8, 4) is 79.4 Å². The quantitative estimate of drug-likeness (QED) is 0.0362. The standard InChI is InChI=1S/C34H34Br2O2.C27H14Br2F6O7S2.C25H16Br2O3/c1-3-4-5-6-7-8-21-37-29-17-13-26(14-18-29)34(25-11-9-24(2)10-12-25)32-22-27(35)15-19-30(32)31-20-16-28(36)23-33(31)38-34;28-17-5-11-21-22-12-6-18(29)14-24(22)40-25(23(21)13-17,15-1-7-19(8-2-15)41-43(36,37)26(30,31)32)16-3-9-20(10-4-16)42-44(38,39)27(33,34)35;26-17-5-11-21-22-12-6-18(27)14-24(22)30-25(23(21)13-17,15-1-7-19(28)8-2-15)16-3-9-20(29)10-4-16/h9-20,22-23H,3-8,21H2,1-2H3;1-14H;1-14,28-29H. The Morgan fingerprint density at radius 2 is 0.598 bits per heavy atom. The highest BCUT2D eigenvalue weighted by Crippen LogP contribution is 2.57. The Bertz CT molecular complexity index is 5570. The summed E-state index contributed by atoms with van der Waals surface area (Å²) in [6.07, 6.45) is 7.54. The van der Waals surface area contributed by atoms with E-state index in [1.54, 1.807) is 60.7 Å². The normalized spacial score (nSPS) is 14.8. The van der Waals surface area contributed by atoms with E-state index in [0.29, 0.717) is 31.4 Å². The van der Waals surface area contributed by atoms with E-state index in [-0.39, 0.29) is 22.6 Å². The first-order chi connectivity index (χ1) is 53.3. The minimum Gasteiger partial charge on any atom is -0.508 e. The van der Waals surface area contributed by atoms with Gasteiger partial charge >= 0.3 is 31.3 Å². The molecule has 0 aromatic heterocycles. The third-order valence-corrected chi connectivity index (χ3v) is 24.0. The molecule has 2 N–H and O–H groups in total. The fraction of sp³-hybridized carbons (Fsp3) is 0.163. The van der Waals surface area contributed by atoms with Gasteiger partial charge in [0.15, 0.2) is 16.8 Å². The lowest BCUT2D eigenvalue weighted by Gasteiger charge is -2.41. The highest BCUT2D eigenvalue weighted by atomic mass is 79.9. The molecule has 0 saturated heterocycles. The first-order valence-corrected chi connectivity index (χ1v) is 42.4. The molecule has 3 aliphatic rings. The number of unbranched alkanes of at least 4 members (excludes halogenated alkanes) is 5. The number of alkyl halides is 6. The van der Waals surface area contributed by atoms with Crippen LogP contribution >= 0.6 is 95.6 Å². The van der Waals surface area contributed by atoms with Crippen LogP contribution < -0.4 is 27.3 Å². The lowest BCUT2D eigenvalue weighted by atomic mass is 9.75. The zero-order valence-corrected chi connectivity index (χ0v) is 70.2. The predicted molar refractivity (Wildman–Crippen MR) is 440 cm³/mol. The van der Waals surface area contributed by atoms with Crippen LogP contribution in [0.3, 0.4) is 0 Å². The lowest BCUT2D eigenvalue weighted by Crippen LogP contribution is -2.38. The van der Waals surface area contributed by atoms with Gasteiger partial charge in [-0.2, -0.15) is 43.2 Å². The third kappa shape index (κ3) is 16.7. The van der Waals surface area contributed by atoms with Crippen LogP contribution in [0.15, 0.2) is 282 Å². The van der Waals surface area contributed by atoms with E-state index < -0.39 is 59.6 Å². The number of fused-ring (bicyclic) bond motifs is 9. The third-order valence-electron chi connectivity index (χ3n) is 19.1. The summed E-state index contributed by atoms with van der Waals surface area (Å²) in [6.45, 7) is 5.12. The molecule has 576 valence electrons. The predicted octanol–water partition coefficient (Wildman–Crippen LogP) is 25.6. The van der Waals surface area contributed by atoms with E-state index in [2.05, 4.69) is 215 Å². The maximum atomic E-state index is 12.9. The topological polar surface area (TPSA) is 164 Å². The summed E-state index contributed by atoms with van der Waals surface area (Å²) >= 11 is 21.4. The Balaban J connectivity index is 0.000000150. The molecule has 0 fully saturated rings. The number of ether oxygens (including phenoxy) is 4. The van der Waals surface area contributed by atoms with Crippen molar-refractivity contribution in [3.63, 3.8) is 0 Å². The number of rotatable bonds is 18. The number of hydrogen-bond acceptors (Lipinski definition) is 12. The fourth-order valence-electron chi connectivity index (χ4n) is 13.9. The smallest absolute Gasteiger partial charge is 0.508 e. The van der Waals surface area contributed by atoms with E-state index in [9.17, 15) is 53.4 Å². The molecule has 0 spiro atoms. The summed E-state index contributed by atoms with van der Waals surface area (Å²) in [5.41, 5.74) is -1.02. The molecule has 15 rings (SSSR count). The molecule has 12 nitrogen and oxygen atoms in total. The van der Waals surface area contributed by atoms with Gasteiger partial charge in [-0.15, -0.1) is 0 Å². The summed E-state index contributed by atoms with van der Waals surface area (Å²) in [6, 6.07) is 75.6. The summed E-state index contributed by atoms with van der Waals surface area (Å²) in [7, 11) is -11.9. The maximum Gasteiger partial charge on any atom is 0.534 e. The molecule has 3 aliphatic heterocycles. The Morgan fingerprint density at radius 3 is 0.902 bits per heavy atom. The summed E-state index contributed by atoms with van der Waals surface area (Å²) in [5.74, 6) is 1.90. The summed E-state index contributed by atoms with van der Waals surface area (Å²) < 4.78 is 164. The van der Waals surface area contributed by atoms with Crippen LogP contribution in [-0.2, 0) is 37.0 Å². The van der Waals surface area contributed by atoms with Gasteiger partial charge in [0.25, 0.3) is 0 Å². The van der Waals surface area contributed by atoms with Crippen LogP contribution in [0.25, 0.3) is 33.4 Å². The number of aryl methyl sites for hydroxylation is 1. The van der Waals surface area contributed by atoms with E-state index in [4.69, 9.17) is 18.9 Å². The van der Waals surface area contributed by atoms with Crippen LogP contribution in [-0.4, -0.2) is 44.7 Å². The van der Waals surface area contributed by atoms with Gasteiger partial charge in [-0.1, -0.05) is 243 Å². The number of phenolic OH excluding ortho intramolecular Hbond substituents is 2.